The molecular weight excluding hydrogens is 301 g/mol. The molecule has 0 fully saturated rings. The van der Waals surface area contributed by atoms with Crippen molar-refractivity contribution in [2.45, 2.75) is 31.2 Å². The highest BCUT2D eigenvalue weighted by Gasteiger charge is 2.31. The lowest BCUT2D eigenvalue weighted by atomic mass is 10.1. The van der Waals surface area contributed by atoms with Gasteiger partial charge in [0.2, 0.25) is 0 Å². The van der Waals surface area contributed by atoms with Crippen LogP contribution in [0.15, 0.2) is 23.1 Å². The summed E-state index contributed by atoms with van der Waals surface area (Å²) in [5, 5.41) is 10.9. The maximum Gasteiger partial charge on any atom is 0.292 e. The summed E-state index contributed by atoms with van der Waals surface area (Å²) < 4.78 is 40.4. The molecule has 1 aromatic carbocycles. The smallest absolute Gasteiger partial charge is 0.292 e. The van der Waals surface area contributed by atoms with Crippen LogP contribution in [0.5, 0.6) is 0 Å². The number of hydrogen-bond acceptors (Lipinski definition) is 5. The Morgan fingerprint density at radius 3 is 2.52 bits per heavy atom. The number of rotatable bonds is 7. The Morgan fingerprint density at radius 1 is 1.43 bits per heavy atom. The van der Waals surface area contributed by atoms with E-state index in [2.05, 4.69) is 4.72 Å². The average Bonchev–Trinajstić information content (AvgIpc) is 2.36. The molecular formula is C12H18FN3O4S. The topological polar surface area (TPSA) is 115 Å². The zero-order chi connectivity index (χ0) is 16.2. The minimum absolute atomic E-state index is 0.0136. The van der Waals surface area contributed by atoms with E-state index in [0.717, 1.165) is 18.2 Å². The van der Waals surface area contributed by atoms with Crippen LogP contribution in [-0.2, 0) is 10.0 Å². The van der Waals surface area contributed by atoms with Crippen LogP contribution < -0.4 is 10.5 Å². The molecule has 0 amide bonds. The predicted octanol–water partition coefficient (Wildman–Crippen LogP) is 1.39. The first kappa shape index (κ1) is 17.5. The summed E-state index contributed by atoms with van der Waals surface area (Å²) in [6.07, 6.45) is 0.442. The predicted molar refractivity (Wildman–Crippen MR) is 75.7 cm³/mol. The van der Waals surface area contributed by atoms with Crippen molar-refractivity contribution in [3.8, 4) is 0 Å². The highest BCUT2D eigenvalue weighted by atomic mass is 32.2. The quantitative estimate of drug-likeness (QED) is 0.582. The van der Waals surface area contributed by atoms with Crippen molar-refractivity contribution in [1.82, 2.24) is 4.72 Å². The van der Waals surface area contributed by atoms with Crippen molar-refractivity contribution in [3.63, 3.8) is 0 Å². The Balaban J connectivity index is 3.22. The molecule has 0 aromatic heterocycles. The molecule has 0 radical (unpaired) electrons. The molecule has 0 aliphatic rings. The zero-order valence-corrected chi connectivity index (χ0v) is 12.6. The van der Waals surface area contributed by atoms with E-state index >= 15 is 0 Å². The standard InChI is InChI=1S/C12H18FN3O4S/c1-8(2)6-9(7-14)15-21(19,20)12-10(13)4-3-5-11(12)16(17)18/h3-5,8-9,15H,6-7,14H2,1-2H3. The van der Waals surface area contributed by atoms with Crippen LogP contribution in [0.3, 0.4) is 0 Å². The number of nitro groups is 1. The molecule has 21 heavy (non-hydrogen) atoms. The Morgan fingerprint density at radius 2 is 2.05 bits per heavy atom. The molecule has 1 atom stereocenters. The molecule has 1 rings (SSSR count). The van der Waals surface area contributed by atoms with E-state index in [0.29, 0.717) is 6.42 Å². The maximum atomic E-state index is 13.8. The minimum Gasteiger partial charge on any atom is -0.329 e. The van der Waals surface area contributed by atoms with Crippen LogP contribution in [-0.4, -0.2) is 25.9 Å². The monoisotopic (exact) mass is 319 g/mol. The summed E-state index contributed by atoms with van der Waals surface area (Å²) in [6, 6.07) is 2.27. The van der Waals surface area contributed by atoms with Gasteiger partial charge in [-0.25, -0.2) is 17.5 Å². The van der Waals surface area contributed by atoms with Crippen LogP contribution in [0.1, 0.15) is 20.3 Å². The minimum atomic E-state index is -4.37. The van der Waals surface area contributed by atoms with Gasteiger partial charge in [0.15, 0.2) is 4.90 Å². The van der Waals surface area contributed by atoms with Crippen molar-refractivity contribution in [1.29, 1.82) is 0 Å². The third kappa shape index (κ3) is 4.45. The molecule has 0 saturated heterocycles. The summed E-state index contributed by atoms with van der Waals surface area (Å²) in [7, 11) is -4.37. The highest BCUT2D eigenvalue weighted by molar-refractivity contribution is 7.89. The normalized spacial score (nSPS) is 13.4. The fraction of sp³-hybridized carbons (Fsp3) is 0.500. The lowest BCUT2D eigenvalue weighted by Gasteiger charge is -2.18. The number of hydrogen-bond donors (Lipinski definition) is 2. The van der Waals surface area contributed by atoms with Crippen LogP contribution in [0.25, 0.3) is 0 Å². The van der Waals surface area contributed by atoms with Gasteiger partial charge < -0.3 is 5.73 Å². The second kappa shape index (κ2) is 6.92. The first-order valence-corrected chi connectivity index (χ1v) is 7.82. The number of nitrogens with one attached hydrogen (secondary N) is 1. The van der Waals surface area contributed by atoms with Crippen molar-refractivity contribution in [2.24, 2.45) is 11.7 Å². The van der Waals surface area contributed by atoms with Gasteiger partial charge in [-0.15, -0.1) is 0 Å². The van der Waals surface area contributed by atoms with Gasteiger partial charge in [-0.1, -0.05) is 19.9 Å². The fourth-order valence-corrected chi connectivity index (χ4v) is 3.44. The maximum absolute atomic E-state index is 13.8. The molecule has 3 N–H and O–H groups in total. The van der Waals surface area contributed by atoms with Crippen molar-refractivity contribution >= 4 is 15.7 Å². The fourth-order valence-electron chi connectivity index (χ4n) is 1.95. The van der Waals surface area contributed by atoms with Gasteiger partial charge in [-0.2, -0.15) is 0 Å². The lowest BCUT2D eigenvalue weighted by Crippen LogP contribution is -2.41. The SMILES string of the molecule is CC(C)CC(CN)NS(=O)(=O)c1c(F)cccc1[N+](=O)[O-]. The second-order valence-corrected chi connectivity index (χ2v) is 6.68. The van der Waals surface area contributed by atoms with Crippen molar-refractivity contribution < 1.29 is 17.7 Å². The summed E-state index contributed by atoms with van der Waals surface area (Å²) in [5.41, 5.74) is 4.68. The molecule has 1 aromatic rings. The summed E-state index contributed by atoms with van der Waals surface area (Å²) >= 11 is 0. The summed E-state index contributed by atoms with van der Waals surface area (Å²) in [6.45, 7) is 3.77. The summed E-state index contributed by atoms with van der Waals surface area (Å²) in [4.78, 5) is 8.98. The first-order valence-electron chi connectivity index (χ1n) is 6.34. The lowest BCUT2D eigenvalue weighted by molar-refractivity contribution is -0.388. The molecule has 9 heteroatoms. The molecule has 7 nitrogen and oxygen atoms in total. The van der Waals surface area contributed by atoms with Crippen LogP contribution in [0, 0.1) is 21.8 Å². The third-order valence-corrected chi connectivity index (χ3v) is 4.36. The molecule has 0 spiro atoms. The van der Waals surface area contributed by atoms with Gasteiger partial charge in [0.1, 0.15) is 5.82 Å². The van der Waals surface area contributed by atoms with E-state index in [1.807, 2.05) is 13.8 Å². The first-order chi connectivity index (χ1) is 9.69. The molecule has 0 bridgehead atoms. The molecule has 0 heterocycles. The number of benzene rings is 1. The van der Waals surface area contributed by atoms with E-state index in [1.54, 1.807) is 0 Å². The van der Waals surface area contributed by atoms with Gasteiger partial charge in [0, 0.05) is 18.7 Å². The molecule has 0 saturated carbocycles. The summed E-state index contributed by atoms with van der Waals surface area (Å²) in [5.74, 6) is -1.01. The molecule has 0 aliphatic heterocycles. The molecule has 118 valence electrons. The zero-order valence-electron chi connectivity index (χ0n) is 11.7. The van der Waals surface area contributed by atoms with Gasteiger partial charge in [0.05, 0.1) is 4.92 Å². The third-order valence-electron chi connectivity index (χ3n) is 2.77. The van der Waals surface area contributed by atoms with E-state index < -0.39 is 37.4 Å². The van der Waals surface area contributed by atoms with Crippen LogP contribution in [0.2, 0.25) is 0 Å². The van der Waals surface area contributed by atoms with E-state index in [9.17, 15) is 22.9 Å². The second-order valence-electron chi connectivity index (χ2n) is 5.03. The van der Waals surface area contributed by atoms with E-state index in [-0.39, 0.29) is 12.5 Å². The largest absolute Gasteiger partial charge is 0.329 e. The number of sulfonamides is 1. The highest BCUT2D eigenvalue weighted by Crippen LogP contribution is 2.26. The van der Waals surface area contributed by atoms with E-state index in [4.69, 9.17) is 5.73 Å². The number of halogens is 1. The van der Waals surface area contributed by atoms with Gasteiger partial charge in [-0.05, 0) is 18.4 Å². The van der Waals surface area contributed by atoms with E-state index in [1.165, 1.54) is 0 Å². The Bertz CT molecular complexity index is 619. The molecule has 0 aliphatic carbocycles. The number of nitrogens with two attached hydrogens (primary N) is 1. The van der Waals surface area contributed by atoms with Gasteiger partial charge >= 0.3 is 0 Å². The Labute approximate surface area is 122 Å². The Kier molecular flexibility index (Phi) is 5.76. The van der Waals surface area contributed by atoms with Gasteiger partial charge in [-0.3, -0.25) is 10.1 Å². The van der Waals surface area contributed by atoms with Crippen molar-refractivity contribution in [2.75, 3.05) is 6.54 Å². The number of nitro benzene ring substituents is 1. The molecule has 1 unspecified atom stereocenters. The van der Waals surface area contributed by atoms with Crippen LogP contribution >= 0.6 is 0 Å². The average molecular weight is 319 g/mol. The number of nitrogens with zero attached hydrogens (tertiary/aromatic N) is 1. The van der Waals surface area contributed by atoms with Crippen LogP contribution in [0.4, 0.5) is 10.1 Å². The van der Waals surface area contributed by atoms with Crippen molar-refractivity contribution in [3.05, 3.63) is 34.1 Å². The Hall–Kier alpha value is -1.58. The van der Waals surface area contributed by atoms with Gasteiger partial charge in [0.25, 0.3) is 15.7 Å².